The molecule has 0 saturated heterocycles. The molecule has 6 nitrogen and oxygen atoms in total. The second-order valence-corrected chi connectivity index (χ2v) is 5.16. The first-order valence-electron chi connectivity index (χ1n) is 6.87. The van der Waals surface area contributed by atoms with E-state index in [-0.39, 0.29) is 11.8 Å². The number of carboxylic acids is 1. The highest BCUT2D eigenvalue weighted by atomic mass is 16.4. The molecule has 6 heteroatoms. The summed E-state index contributed by atoms with van der Waals surface area (Å²) >= 11 is 0. The van der Waals surface area contributed by atoms with Crippen LogP contribution in [0.4, 0.5) is 11.4 Å². The third-order valence-corrected chi connectivity index (χ3v) is 3.63. The van der Waals surface area contributed by atoms with Crippen molar-refractivity contribution >= 4 is 29.2 Å². The highest BCUT2D eigenvalue weighted by Crippen LogP contribution is 2.39. The molecule has 0 aliphatic heterocycles. The fourth-order valence-corrected chi connectivity index (χ4v) is 2.13. The van der Waals surface area contributed by atoms with Crippen molar-refractivity contribution in [3.8, 4) is 0 Å². The number of aliphatic carboxylic acids is 1. The second kappa shape index (κ2) is 5.95. The fourth-order valence-electron chi connectivity index (χ4n) is 2.13. The first kappa shape index (κ1) is 15.0. The molecule has 112 valence electrons. The molecule has 1 aromatic rings. The Morgan fingerprint density at radius 1 is 1.19 bits per heavy atom. The van der Waals surface area contributed by atoms with Gasteiger partial charge in [0.15, 0.2) is 0 Å². The van der Waals surface area contributed by atoms with Gasteiger partial charge in [0.05, 0.1) is 11.8 Å². The van der Waals surface area contributed by atoms with E-state index in [0.717, 1.165) is 5.56 Å². The van der Waals surface area contributed by atoms with Gasteiger partial charge in [-0.25, -0.2) is 0 Å². The molecule has 1 saturated carbocycles. The molecule has 0 spiro atoms. The highest BCUT2D eigenvalue weighted by molar-refractivity contribution is 6.00. The monoisotopic (exact) mass is 290 g/mol. The molecule has 2 atom stereocenters. The van der Waals surface area contributed by atoms with Gasteiger partial charge in [0.25, 0.3) is 0 Å². The topological polar surface area (TPSA) is 95.5 Å². The number of carbonyl (C=O) groups excluding carboxylic acids is 2. The summed E-state index contributed by atoms with van der Waals surface area (Å²) in [7, 11) is 0. The third kappa shape index (κ3) is 3.39. The minimum atomic E-state index is -0.934. The summed E-state index contributed by atoms with van der Waals surface area (Å²) in [5.74, 6) is -2.36. The quantitative estimate of drug-likeness (QED) is 0.773. The second-order valence-electron chi connectivity index (χ2n) is 5.16. The molecule has 2 rings (SSSR count). The van der Waals surface area contributed by atoms with E-state index < -0.39 is 17.8 Å². The maximum Gasteiger partial charge on any atom is 0.307 e. The molecule has 21 heavy (non-hydrogen) atoms. The Bertz CT molecular complexity index is 597. The predicted octanol–water partition coefficient (Wildman–Crippen LogP) is 2.00. The van der Waals surface area contributed by atoms with Crippen LogP contribution in [0.2, 0.25) is 0 Å². The minimum absolute atomic E-state index is 0.102. The normalized spacial score (nSPS) is 19.7. The van der Waals surface area contributed by atoms with Crippen LogP contribution in [0.5, 0.6) is 0 Å². The van der Waals surface area contributed by atoms with Gasteiger partial charge in [0.1, 0.15) is 0 Å². The molecule has 1 aliphatic carbocycles. The average molecular weight is 290 g/mol. The minimum Gasteiger partial charge on any atom is -0.481 e. The standard InChI is InChI=1S/C15H18N2O4/c1-3-13(18)16-11-5-4-6-12(8(11)2)17-14(19)9-7-10(9)15(20)21/h4-6,9-10H,3,7H2,1-2H3,(H,16,18)(H,17,19)(H,20,21). The molecule has 2 unspecified atom stereocenters. The van der Waals surface area contributed by atoms with Crippen LogP contribution >= 0.6 is 0 Å². The zero-order valence-corrected chi connectivity index (χ0v) is 12.0. The Balaban J connectivity index is 2.07. The highest BCUT2D eigenvalue weighted by Gasteiger charge is 2.48. The number of carboxylic acid groups (broad SMARTS) is 1. The summed E-state index contributed by atoms with van der Waals surface area (Å²) in [6.45, 7) is 3.55. The number of rotatable bonds is 5. The van der Waals surface area contributed by atoms with Crippen LogP contribution in [0.15, 0.2) is 18.2 Å². The molecule has 1 aliphatic rings. The van der Waals surface area contributed by atoms with Crippen LogP contribution in [-0.4, -0.2) is 22.9 Å². The first-order valence-corrected chi connectivity index (χ1v) is 6.87. The SMILES string of the molecule is CCC(=O)Nc1cccc(NC(=O)C2CC2C(=O)O)c1C. The van der Waals surface area contributed by atoms with Crippen LogP contribution < -0.4 is 10.6 Å². The van der Waals surface area contributed by atoms with Crippen molar-refractivity contribution < 1.29 is 19.5 Å². The summed E-state index contributed by atoms with van der Waals surface area (Å²) in [5, 5.41) is 14.3. The van der Waals surface area contributed by atoms with Gasteiger partial charge in [-0.15, -0.1) is 0 Å². The van der Waals surface area contributed by atoms with Gasteiger partial charge in [-0.2, -0.15) is 0 Å². The maximum absolute atomic E-state index is 12.0. The van der Waals surface area contributed by atoms with E-state index in [4.69, 9.17) is 5.11 Å². The van der Waals surface area contributed by atoms with Crippen LogP contribution in [0, 0.1) is 18.8 Å². The molecule has 1 aromatic carbocycles. The van der Waals surface area contributed by atoms with E-state index in [0.29, 0.717) is 24.2 Å². The number of nitrogens with one attached hydrogen (secondary N) is 2. The van der Waals surface area contributed by atoms with E-state index in [2.05, 4.69) is 10.6 Å². The molecule has 0 aromatic heterocycles. The van der Waals surface area contributed by atoms with Crippen molar-refractivity contribution in [2.75, 3.05) is 10.6 Å². The smallest absolute Gasteiger partial charge is 0.307 e. The van der Waals surface area contributed by atoms with Crippen LogP contribution in [0.1, 0.15) is 25.3 Å². The number of carbonyl (C=O) groups is 3. The molecule has 0 radical (unpaired) electrons. The van der Waals surface area contributed by atoms with Gasteiger partial charge in [-0.3, -0.25) is 14.4 Å². The predicted molar refractivity (Wildman–Crippen MR) is 78.0 cm³/mol. The fraction of sp³-hybridized carbons (Fsp3) is 0.400. The van der Waals surface area contributed by atoms with E-state index in [1.165, 1.54) is 0 Å². The lowest BCUT2D eigenvalue weighted by molar-refractivity contribution is -0.139. The zero-order chi connectivity index (χ0) is 15.6. The lowest BCUT2D eigenvalue weighted by Gasteiger charge is -2.13. The Labute approximate surface area is 122 Å². The van der Waals surface area contributed by atoms with Crippen LogP contribution in [0.3, 0.4) is 0 Å². The first-order chi connectivity index (χ1) is 9.93. The molecular weight excluding hydrogens is 272 g/mol. The Morgan fingerprint density at radius 3 is 2.33 bits per heavy atom. The van der Waals surface area contributed by atoms with E-state index in [1.54, 1.807) is 32.0 Å². The van der Waals surface area contributed by atoms with Crippen LogP contribution in [0.25, 0.3) is 0 Å². The Hall–Kier alpha value is -2.37. The Morgan fingerprint density at radius 2 is 1.81 bits per heavy atom. The van der Waals surface area contributed by atoms with Crippen molar-refractivity contribution in [1.82, 2.24) is 0 Å². The van der Waals surface area contributed by atoms with E-state index >= 15 is 0 Å². The van der Waals surface area contributed by atoms with Gasteiger partial charge in [0.2, 0.25) is 11.8 Å². The van der Waals surface area contributed by atoms with Gasteiger partial charge < -0.3 is 15.7 Å². The van der Waals surface area contributed by atoms with Crippen molar-refractivity contribution in [3.05, 3.63) is 23.8 Å². The summed E-state index contributed by atoms with van der Waals surface area (Å²) < 4.78 is 0. The van der Waals surface area contributed by atoms with Crippen molar-refractivity contribution in [3.63, 3.8) is 0 Å². The lowest BCUT2D eigenvalue weighted by Crippen LogP contribution is -2.18. The van der Waals surface area contributed by atoms with Gasteiger partial charge in [0, 0.05) is 17.8 Å². The number of hydrogen-bond donors (Lipinski definition) is 3. The molecule has 1 fully saturated rings. The molecule has 2 amide bonds. The molecule has 0 heterocycles. The molecule has 3 N–H and O–H groups in total. The van der Waals surface area contributed by atoms with E-state index in [1.807, 2.05) is 0 Å². The van der Waals surface area contributed by atoms with Crippen molar-refractivity contribution in [1.29, 1.82) is 0 Å². The van der Waals surface area contributed by atoms with Crippen molar-refractivity contribution in [2.45, 2.75) is 26.7 Å². The number of hydrogen-bond acceptors (Lipinski definition) is 3. The van der Waals surface area contributed by atoms with E-state index in [9.17, 15) is 14.4 Å². The van der Waals surface area contributed by atoms with Crippen LogP contribution in [-0.2, 0) is 14.4 Å². The molecular formula is C15H18N2O4. The zero-order valence-electron chi connectivity index (χ0n) is 12.0. The Kier molecular flexibility index (Phi) is 4.26. The maximum atomic E-state index is 12.0. The number of benzene rings is 1. The summed E-state index contributed by atoms with van der Waals surface area (Å²) in [4.78, 5) is 34.2. The lowest BCUT2D eigenvalue weighted by atomic mass is 10.1. The largest absolute Gasteiger partial charge is 0.481 e. The van der Waals surface area contributed by atoms with Crippen molar-refractivity contribution in [2.24, 2.45) is 11.8 Å². The molecule has 0 bridgehead atoms. The number of amides is 2. The van der Waals surface area contributed by atoms with Gasteiger partial charge in [-0.1, -0.05) is 13.0 Å². The average Bonchev–Trinajstić information content (AvgIpc) is 3.23. The third-order valence-electron chi connectivity index (χ3n) is 3.63. The van der Waals surface area contributed by atoms with Gasteiger partial charge >= 0.3 is 5.97 Å². The summed E-state index contributed by atoms with van der Waals surface area (Å²) in [6, 6.07) is 5.22. The summed E-state index contributed by atoms with van der Waals surface area (Å²) in [6.07, 6.45) is 0.755. The van der Waals surface area contributed by atoms with Gasteiger partial charge in [-0.05, 0) is 31.0 Å². The number of anilines is 2. The summed E-state index contributed by atoms with van der Waals surface area (Å²) in [5.41, 5.74) is 1.98.